The molecule has 0 aromatic heterocycles. The summed E-state index contributed by atoms with van der Waals surface area (Å²) < 4.78 is 10.7. The second-order valence-electron chi connectivity index (χ2n) is 5.67. The highest BCUT2D eigenvalue weighted by Gasteiger charge is 2.46. The molecule has 4 amide bonds. The number of amides is 4. The first kappa shape index (κ1) is 18.7. The number of carbonyl (C=O) groups is 3. The summed E-state index contributed by atoms with van der Waals surface area (Å²) in [5.41, 5.74) is 0.739. The zero-order valence-electron chi connectivity index (χ0n) is 14.8. The van der Waals surface area contributed by atoms with Crippen molar-refractivity contribution in [3.8, 4) is 11.5 Å². The minimum absolute atomic E-state index is 0.138. The second-order valence-corrected chi connectivity index (χ2v) is 6.11. The van der Waals surface area contributed by atoms with Gasteiger partial charge in [0.15, 0.2) is 0 Å². The topological polar surface area (TPSA) is 76.2 Å². The molecule has 0 N–H and O–H groups in total. The van der Waals surface area contributed by atoms with Gasteiger partial charge in [0.2, 0.25) is 0 Å². The van der Waals surface area contributed by atoms with Crippen molar-refractivity contribution in [1.29, 1.82) is 0 Å². The Labute approximate surface area is 161 Å². The Kier molecular flexibility index (Phi) is 5.32. The first-order valence-electron chi connectivity index (χ1n) is 8.22. The SMILES string of the molecule is CCOc1ccccc1N1C(=O)C(=O)N(Cc2cc(Cl)ccc2OC)C1=O. The summed E-state index contributed by atoms with van der Waals surface area (Å²) in [6, 6.07) is 10.7. The predicted octanol–water partition coefficient (Wildman–Crippen LogP) is 3.24. The molecular weight excluding hydrogens is 372 g/mol. The molecule has 2 aromatic rings. The van der Waals surface area contributed by atoms with Crippen LogP contribution in [0.5, 0.6) is 11.5 Å². The molecule has 0 bridgehead atoms. The van der Waals surface area contributed by atoms with Crippen molar-refractivity contribution in [2.75, 3.05) is 18.6 Å². The molecule has 1 aliphatic rings. The number of imide groups is 2. The average Bonchev–Trinajstić information content (AvgIpc) is 2.86. The Hall–Kier alpha value is -3.06. The van der Waals surface area contributed by atoms with E-state index in [9.17, 15) is 14.4 Å². The van der Waals surface area contributed by atoms with E-state index in [1.807, 2.05) is 0 Å². The number of ether oxygens (including phenoxy) is 2. The minimum Gasteiger partial charge on any atom is -0.496 e. The molecule has 27 heavy (non-hydrogen) atoms. The molecular formula is C19H17ClN2O5. The van der Waals surface area contributed by atoms with E-state index in [0.29, 0.717) is 28.7 Å². The van der Waals surface area contributed by atoms with Crippen LogP contribution in [-0.4, -0.2) is 36.5 Å². The monoisotopic (exact) mass is 388 g/mol. The molecule has 1 aliphatic heterocycles. The fourth-order valence-electron chi connectivity index (χ4n) is 2.82. The number of nitrogens with zero attached hydrogens (tertiary/aromatic N) is 2. The van der Waals surface area contributed by atoms with Crippen LogP contribution in [0.25, 0.3) is 0 Å². The molecule has 140 valence electrons. The van der Waals surface area contributed by atoms with Crippen molar-refractivity contribution < 1.29 is 23.9 Å². The zero-order chi connectivity index (χ0) is 19.6. The van der Waals surface area contributed by atoms with Crippen LogP contribution in [0.3, 0.4) is 0 Å². The first-order valence-corrected chi connectivity index (χ1v) is 8.59. The quantitative estimate of drug-likeness (QED) is 0.561. The van der Waals surface area contributed by atoms with Gasteiger partial charge >= 0.3 is 17.8 Å². The van der Waals surface area contributed by atoms with Gasteiger partial charge in [-0.25, -0.2) is 9.69 Å². The van der Waals surface area contributed by atoms with Gasteiger partial charge in [-0.1, -0.05) is 23.7 Å². The van der Waals surface area contributed by atoms with E-state index in [1.165, 1.54) is 7.11 Å². The van der Waals surface area contributed by atoms with Gasteiger partial charge in [-0.2, -0.15) is 0 Å². The van der Waals surface area contributed by atoms with Crippen molar-refractivity contribution in [2.45, 2.75) is 13.5 Å². The Balaban J connectivity index is 1.95. The Morgan fingerprint density at radius 2 is 1.74 bits per heavy atom. The van der Waals surface area contributed by atoms with Crippen LogP contribution in [0.15, 0.2) is 42.5 Å². The highest BCUT2D eigenvalue weighted by molar-refractivity contribution is 6.52. The Morgan fingerprint density at radius 1 is 1.00 bits per heavy atom. The summed E-state index contributed by atoms with van der Waals surface area (Å²) >= 11 is 6.00. The third-order valence-corrected chi connectivity index (χ3v) is 4.27. The lowest BCUT2D eigenvalue weighted by Gasteiger charge is -2.19. The molecule has 7 nitrogen and oxygen atoms in total. The van der Waals surface area contributed by atoms with Crippen LogP contribution in [0.2, 0.25) is 5.02 Å². The van der Waals surface area contributed by atoms with Crippen LogP contribution in [-0.2, 0) is 16.1 Å². The van der Waals surface area contributed by atoms with Gasteiger partial charge in [0.1, 0.15) is 11.5 Å². The fraction of sp³-hybridized carbons (Fsp3) is 0.211. The zero-order valence-corrected chi connectivity index (χ0v) is 15.5. The third-order valence-electron chi connectivity index (χ3n) is 4.03. The van der Waals surface area contributed by atoms with Gasteiger partial charge in [-0.3, -0.25) is 14.5 Å². The largest absolute Gasteiger partial charge is 0.496 e. The van der Waals surface area contributed by atoms with E-state index in [1.54, 1.807) is 49.4 Å². The second kappa shape index (κ2) is 7.67. The summed E-state index contributed by atoms with van der Waals surface area (Å²) in [7, 11) is 1.47. The number of hydrogen-bond donors (Lipinski definition) is 0. The summed E-state index contributed by atoms with van der Waals surface area (Å²) in [4.78, 5) is 39.5. The molecule has 1 fully saturated rings. The standard InChI is InChI=1S/C19H17ClN2O5/c1-3-27-16-7-5-4-6-14(16)22-18(24)17(23)21(19(22)25)11-12-10-13(20)8-9-15(12)26-2/h4-10H,3,11H2,1-2H3. The highest BCUT2D eigenvalue weighted by Crippen LogP contribution is 2.33. The van der Waals surface area contributed by atoms with E-state index >= 15 is 0 Å². The number of carbonyl (C=O) groups excluding carboxylic acids is 3. The van der Waals surface area contributed by atoms with Gasteiger partial charge in [-0.15, -0.1) is 0 Å². The maximum atomic E-state index is 12.9. The highest BCUT2D eigenvalue weighted by atomic mass is 35.5. The van der Waals surface area contributed by atoms with E-state index in [-0.39, 0.29) is 12.2 Å². The fourth-order valence-corrected chi connectivity index (χ4v) is 3.01. The number of para-hydroxylation sites is 2. The molecule has 0 atom stereocenters. The Morgan fingerprint density at radius 3 is 2.44 bits per heavy atom. The van der Waals surface area contributed by atoms with Gasteiger partial charge in [0, 0.05) is 10.6 Å². The summed E-state index contributed by atoms with van der Waals surface area (Å²) in [5.74, 6) is -1.06. The predicted molar refractivity (Wildman–Crippen MR) is 99.0 cm³/mol. The number of benzene rings is 2. The first-order chi connectivity index (χ1) is 13.0. The number of anilines is 1. The van der Waals surface area contributed by atoms with E-state index in [4.69, 9.17) is 21.1 Å². The molecule has 0 radical (unpaired) electrons. The molecule has 0 spiro atoms. The van der Waals surface area contributed by atoms with Gasteiger partial charge in [0.05, 0.1) is 25.9 Å². The summed E-state index contributed by atoms with van der Waals surface area (Å²) in [5, 5.41) is 0.426. The number of urea groups is 1. The van der Waals surface area contributed by atoms with Crippen molar-refractivity contribution in [1.82, 2.24) is 4.90 Å². The summed E-state index contributed by atoms with van der Waals surface area (Å²) in [6.45, 7) is 2.00. The normalized spacial score (nSPS) is 14.1. The van der Waals surface area contributed by atoms with Crippen LogP contribution < -0.4 is 14.4 Å². The molecule has 0 aliphatic carbocycles. The van der Waals surface area contributed by atoms with E-state index in [2.05, 4.69) is 0 Å². The van der Waals surface area contributed by atoms with Crippen molar-refractivity contribution in [3.05, 3.63) is 53.1 Å². The number of hydrogen-bond acceptors (Lipinski definition) is 5. The van der Waals surface area contributed by atoms with Crippen molar-refractivity contribution >= 4 is 35.1 Å². The van der Waals surface area contributed by atoms with Crippen LogP contribution in [0, 0.1) is 0 Å². The molecule has 8 heteroatoms. The molecule has 2 aromatic carbocycles. The molecule has 0 unspecified atom stereocenters. The molecule has 1 heterocycles. The maximum Gasteiger partial charge on any atom is 0.339 e. The Bertz CT molecular complexity index is 915. The molecule has 0 saturated carbocycles. The third kappa shape index (κ3) is 3.46. The average molecular weight is 389 g/mol. The lowest BCUT2D eigenvalue weighted by molar-refractivity contribution is -0.139. The number of rotatable bonds is 6. The van der Waals surface area contributed by atoms with E-state index in [0.717, 1.165) is 9.80 Å². The van der Waals surface area contributed by atoms with Crippen LogP contribution >= 0.6 is 11.6 Å². The molecule has 3 rings (SSSR count). The van der Waals surface area contributed by atoms with Crippen LogP contribution in [0.4, 0.5) is 10.5 Å². The van der Waals surface area contributed by atoms with Gasteiger partial charge < -0.3 is 9.47 Å². The van der Waals surface area contributed by atoms with Crippen molar-refractivity contribution in [2.24, 2.45) is 0 Å². The van der Waals surface area contributed by atoms with Gasteiger partial charge in [-0.05, 0) is 37.3 Å². The van der Waals surface area contributed by atoms with Crippen molar-refractivity contribution in [3.63, 3.8) is 0 Å². The smallest absolute Gasteiger partial charge is 0.339 e. The van der Waals surface area contributed by atoms with E-state index < -0.39 is 17.8 Å². The van der Waals surface area contributed by atoms with Gasteiger partial charge in [0.25, 0.3) is 0 Å². The molecule has 1 saturated heterocycles. The van der Waals surface area contributed by atoms with Crippen LogP contribution in [0.1, 0.15) is 12.5 Å². The lowest BCUT2D eigenvalue weighted by atomic mass is 10.2. The minimum atomic E-state index is -0.937. The summed E-state index contributed by atoms with van der Waals surface area (Å²) in [6.07, 6.45) is 0. The number of methoxy groups -OCH3 is 1. The maximum absolute atomic E-state index is 12.9. The lowest BCUT2D eigenvalue weighted by Crippen LogP contribution is -2.33. The number of halogens is 1.